The zero-order valence-corrected chi connectivity index (χ0v) is 17.4. The van der Waals surface area contributed by atoms with Crippen molar-refractivity contribution in [3.63, 3.8) is 0 Å². The Morgan fingerprint density at radius 3 is 2.62 bits per heavy atom. The highest BCUT2D eigenvalue weighted by Crippen LogP contribution is 2.25. The van der Waals surface area contributed by atoms with Crippen LogP contribution in [0, 0.1) is 11.7 Å². The summed E-state index contributed by atoms with van der Waals surface area (Å²) in [6.07, 6.45) is 4.16. The van der Waals surface area contributed by atoms with Gasteiger partial charge in [-0.25, -0.2) is 4.39 Å². The van der Waals surface area contributed by atoms with Crippen LogP contribution in [-0.4, -0.2) is 53.2 Å². The number of carbonyl (C=O) groups is 3. The van der Waals surface area contributed by atoms with E-state index in [0.29, 0.717) is 44.1 Å². The third-order valence-corrected chi connectivity index (χ3v) is 6.13. The predicted molar refractivity (Wildman–Crippen MR) is 109 cm³/mol. The molecule has 6 nitrogen and oxygen atoms in total. The fraction of sp³-hybridized carbons (Fsp3) is 0.571. The van der Waals surface area contributed by atoms with Gasteiger partial charge in [-0.2, -0.15) is 0 Å². The quantitative estimate of drug-likeness (QED) is 0.761. The first-order valence-corrected chi connectivity index (χ1v) is 10.6. The van der Waals surface area contributed by atoms with Crippen molar-refractivity contribution in [2.45, 2.75) is 51.5 Å². The average molecular weight is 424 g/mol. The summed E-state index contributed by atoms with van der Waals surface area (Å²) in [5.74, 6) is -0.189. The molecule has 2 fully saturated rings. The third kappa shape index (κ3) is 5.47. The molecule has 2 aliphatic heterocycles. The van der Waals surface area contributed by atoms with Gasteiger partial charge in [0, 0.05) is 38.2 Å². The van der Waals surface area contributed by atoms with Crippen molar-refractivity contribution in [2.75, 3.05) is 25.0 Å². The van der Waals surface area contributed by atoms with Gasteiger partial charge in [0.05, 0.1) is 5.02 Å². The predicted octanol–water partition coefficient (Wildman–Crippen LogP) is 3.45. The van der Waals surface area contributed by atoms with E-state index in [2.05, 4.69) is 5.32 Å². The molecule has 0 aliphatic carbocycles. The van der Waals surface area contributed by atoms with Crippen LogP contribution in [0.15, 0.2) is 18.2 Å². The first-order chi connectivity index (χ1) is 13.8. The van der Waals surface area contributed by atoms with E-state index in [9.17, 15) is 18.8 Å². The van der Waals surface area contributed by atoms with Crippen LogP contribution in [0.1, 0.15) is 45.4 Å². The molecule has 0 spiro atoms. The van der Waals surface area contributed by atoms with Crippen molar-refractivity contribution in [3.8, 4) is 0 Å². The van der Waals surface area contributed by atoms with E-state index < -0.39 is 11.9 Å². The van der Waals surface area contributed by atoms with Crippen molar-refractivity contribution in [1.29, 1.82) is 0 Å². The van der Waals surface area contributed by atoms with Gasteiger partial charge in [0.15, 0.2) is 0 Å². The minimum Gasteiger partial charge on any atom is -0.341 e. The van der Waals surface area contributed by atoms with Gasteiger partial charge in [-0.15, -0.1) is 0 Å². The Balaban J connectivity index is 1.40. The van der Waals surface area contributed by atoms with E-state index in [1.54, 1.807) is 4.90 Å². The molecule has 3 amide bonds. The van der Waals surface area contributed by atoms with Gasteiger partial charge in [0.2, 0.25) is 17.7 Å². The summed E-state index contributed by atoms with van der Waals surface area (Å²) in [6.45, 7) is 3.79. The monoisotopic (exact) mass is 423 g/mol. The van der Waals surface area contributed by atoms with Crippen LogP contribution in [0.25, 0.3) is 0 Å². The number of hydrogen-bond acceptors (Lipinski definition) is 3. The smallest absolute Gasteiger partial charge is 0.245 e. The molecule has 1 aromatic carbocycles. The Morgan fingerprint density at radius 2 is 2.00 bits per heavy atom. The molecule has 0 bridgehead atoms. The lowest BCUT2D eigenvalue weighted by atomic mass is 9.91. The van der Waals surface area contributed by atoms with Crippen LogP contribution in [-0.2, 0) is 14.4 Å². The summed E-state index contributed by atoms with van der Waals surface area (Å²) in [5, 5.41) is 2.71. The molecular formula is C21H27ClFN3O3. The molecule has 0 radical (unpaired) electrons. The Kier molecular flexibility index (Phi) is 7.11. The van der Waals surface area contributed by atoms with Gasteiger partial charge in [0.25, 0.3) is 0 Å². The number of rotatable bonds is 6. The second-order valence-corrected chi connectivity index (χ2v) is 8.26. The maximum atomic E-state index is 13.2. The minimum absolute atomic E-state index is 0.0182. The Labute approximate surface area is 175 Å². The van der Waals surface area contributed by atoms with Crippen LogP contribution >= 0.6 is 11.6 Å². The molecule has 3 rings (SSSR count). The highest BCUT2D eigenvalue weighted by Gasteiger charge is 2.33. The topological polar surface area (TPSA) is 69.7 Å². The van der Waals surface area contributed by atoms with Crippen LogP contribution in [0.5, 0.6) is 0 Å². The van der Waals surface area contributed by atoms with Crippen molar-refractivity contribution < 1.29 is 18.8 Å². The summed E-state index contributed by atoms with van der Waals surface area (Å²) in [5.41, 5.74) is 0.479. The number of nitrogens with zero attached hydrogens (tertiary/aromatic N) is 2. The number of likely N-dealkylation sites (tertiary alicyclic amines) is 2. The lowest BCUT2D eigenvalue weighted by molar-refractivity contribution is -0.143. The molecule has 0 aromatic heterocycles. The summed E-state index contributed by atoms with van der Waals surface area (Å²) < 4.78 is 13.2. The molecule has 1 aromatic rings. The SMILES string of the molecule is C[C@@H](C(=O)N1CCC(CCC(=O)Nc2ccc(F)c(Cl)c2)CC1)N1CCCC1=O. The Hall–Kier alpha value is -2.15. The highest BCUT2D eigenvalue weighted by molar-refractivity contribution is 6.31. The molecular weight excluding hydrogens is 397 g/mol. The fourth-order valence-electron chi connectivity index (χ4n) is 4.05. The van der Waals surface area contributed by atoms with Gasteiger partial charge in [-0.05, 0) is 56.7 Å². The van der Waals surface area contributed by atoms with Gasteiger partial charge >= 0.3 is 0 Å². The van der Waals surface area contributed by atoms with Crippen molar-refractivity contribution in [3.05, 3.63) is 29.0 Å². The molecule has 29 heavy (non-hydrogen) atoms. The summed E-state index contributed by atoms with van der Waals surface area (Å²) in [4.78, 5) is 40.2. The number of carbonyl (C=O) groups excluding carboxylic acids is 3. The molecule has 158 valence electrons. The molecule has 1 N–H and O–H groups in total. The molecule has 0 saturated carbocycles. The van der Waals surface area contributed by atoms with Gasteiger partial charge in [-0.3, -0.25) is 14.4 Å². The van der Waals surface area contributed by atoms with Crippen LogP contribution in [0.2, 0.25) is 5.02 Å². The molecule has 0 unspecified atom stereocenters. The lowest BCUT2D eigenvalue weighted by Crippen LogP contribution is -2.49. The number of halogens is 2. The van der Waals surface area contributed by atoms with Gasteiger partial charge < -0.3 is 15.1 Å². The summed E-state index contributed by atoms with van der Waals surface area (Å²) in [6, 6.07) is 3.71. The average Bonchev–Trinajstić information content (AvgIpc) is 3.14. The van der Waals surface area contributed by atoms with Gasteiger partial charge in [0.1, 0.15) is 11.9 Å². The van der Waals surface area contributed by atoms with E-state index in [0.717, 1.165) is 25.7 Å². The number of anilines is 1. The van der Waals surface area contributed by atoms with Crippen LogP contribution in [0.3, 0.4) is 0 Å². The molecule has 2 aliphatic rings. The maximum Gasteiger partial charge on any atom is 0.245 e. The van der Waals surface area contributed by atoms with E-state index in [4.69, 9.17) is 11.6 Å². The number of hydrogen-bond donors (Lipinski definition) is 1. The third-order valence-electron chi connectivity index (χ3n) is 5.84. The number of piperidine rings is 1. The first kappa shape index (κ1) is 21.6. The Bertz CT molecular complexity index is 780. The number of nitrogens with one attached hydrogen (secondary N) is 1. The zero-order valence-electron chi connectivity index (χ0n) is 16.6. The van der Waals surface area contributed by atoms with Crippen molar-refractivity contribution in [2.24, 2.45) is 5.92 Å². The second kappa shape index (κ2) is 9.57. The summed E-state index contributed by atoms with van der Waals surface area (Å²) in [7, 11) is 0. The van der Waals surface area contributed by atoms with Gasteiger partial charge in [-0.1, -0.05) is 11.6 Å². The van der Waals surface area contributed by atoms with Crippen molar-refractivity contribution in [1.82, 2.24) is 9.80 Å². The normalized spacial score (nSPS) is 18.8. The molecule has 2 saturated heterocycles. The lowest BCUT2D eigenvalue weighted by Gasteiger charge is -2.35. The second-order valence-electron chi connectivity index (χ2n) is 7.85. The van der Waals surface area contributed by atoms with E-state index in [1.165, 1.54) is 18.2 Å². The maximum absolute atomic E-state index is 13.2. The fourth-order valence-corrected chi connectivity index (χ4v) is 4.23. The molecule has 8 heteroatoms. The number of amides is 3. The van der Waals surface area contributed by atoms with E-state index in [1.807, 2.05) is 11.8 Å². The summed E-state index contributed by atoms with van der Waals surface area (Å²) >= 11 is 5.73. The van der Waals surface area contributed by atoms with Crippen LogP contribution < -0.4 is 5.32 Å². The Morgan fingerprint density at radius 1 is 1.28 bits per heavy atom. The van der Waals surface area contributed by atoms with Crippen molar-refractivity contribution >= 4 is 35.0 Å². The standard InChI is InChI=1S/C21H27ClFN3O3/c1-14(26-10-2-3-20(26)28)21(29)25-11-8-15(9-12-25)4-7-19(27)24-16-5-6-18(23)17(22)13-16/h5-6,13-15H,2-4,7-12H2,1H3,(H,24,27)/t14-/m0/s1. The number of benzene rings is 1. The largest absolute Gasteiger partial charge is 0.341 e. The molecule has 1 atom stereocenters. The zero-order chi connectivity index (χ0) is 21.0. The molecule has 2 heterocycles. The minimum atomic E-state index is -0.519. The van der Waals surface area contributed by atoms with E-state index in [-0.39, 0.29) is 22.7 Å². The van der Waals surface area contributed by atoms with Crippen LogP contribution in [0.4, 0.5) is 10.1 Å². The van der Waals surface area contributed by atoms with E-state index >= 15 is 0 Å². The highest BCUT2D eigenvalue weighted by atomic mass is 35.5. The first-order valence-electron chi connectivity index (χ1n) is 10.2.